The number of para-hydroxylation sites is 1. The van der Waals surface area contributed by atoms with Crippen molar-refractivity contribution in [1.29, 1.82) is 0 Å². The summed E-state index contributed by atoms with van der Waals surface area (Å²) in [7, 11) is 0. The van der Waals surface area contributed by atoms with Gasteiger partial charge in [-0.3, -0.25) is 14.2 Å². The standard InChI is InChI=1S/C19H8Cl3N3OS/c20-9-4-5-10(14(22)6-9)15-8-27-19-24-16-11-2-1-3-13(21)17(11)23-7-12(16)18(26)25(15)19/h1-8H. The Labute approximate surface area is 171 Å². The molecule has 8 heteroatoms. The molecule has 0 aliphatic heterocycles. The van der Waals surface area contributed by atoms with Crippen LogP contribution < -0.4 is 5.56 Å². The minimum atomic E-state index is -0.202. The van der Waals surface area contributed by atoms with Gasteiger partial charge in [-0.15, -0.1) is 11.3 Å². The molecular weight excluding hydrogens is 425 g/mol. The van der Waals surface area contributed by atoms with Crippen LogP contribution in [0.25, 0.3) is 38.0 Å². The minimum Gasteiger partial charge on any atom is -0.268 e. The second-order valence-electron chi connectivity index (χ2n) is 5.94. The SMILES string of the molecule is O=c1c2cnc3c(Cl)cccc3c2nc2scc(-c3ccc(Cl)cc3Cl)n12. The number of thiazole rings is 1. The van der Waals surface area contributed by atoms with E-state index in [-0.39, 0.29) is 5.56 Å². The van der Waals surface area contributed by atoms with Crippen LogP contribution in [0.2, 0.25) is 15.1 Å². The molecule has 0 amide bonds. The number of hydrogen-bond donors (Lipinski definition) is 0. The lowest BCUT2D eigenvalue weighted by Gasteiger charge is -2.07. The number of benzene rings is 2. The van der Waals surface area contributed by atoms with Gasteiger partial charge in [-0.2, -0.15) is 0 Å². The molecule has 5 rings (SSSR count). The Bertz CT molecular complexity index is 1440. The quantitative estimate of drug-likeness (QED) is 0.301. The Morgan fingerprint density at radius 1 is 0.963 bits per heavy atom. The molecule has 3 aromatic heterocycles. The molecule has 0 spiro atoms. The third-order valence-corrected chi connectivity index (χ3v) is 6.05. The lowest BCUT2D eigenvalue weighted by Crippen LogP contribution is -2.15. The fourth-order valence-corrected chi connectivity index (χ4v) is 4.75. The van der Waals surface area contributed by atoms with Gasteiger partial charge in [0.05, 0.1) is 32.2 Å². The average Bonchev–Trinajstić information content (AvgIpc) is 3.06. The number of fused-ring (bicyclic) bond motifs is 4. The van der Waals surface area contributed by atoms with Crippen LogP contribution in [0, 0.1) is 0 Å². The van der Waals surface area contributed by atoms with Gasteiger partial charge in [-0.05, 0) is 24.3 Å². The topological polar surface area (TPSA) is 47.3 Å². The largest absolute Gasteiger partial charge is 0.268 e. The van der Waals surface area contributed by atoms with Crippen molar-refractivity contribution in [3.05, 3.63) is 73.4 Å². The Balaban J connectivity index is 1.91. The first-order valence-electron chi connectivity index (χ1n) is 7.87. The van der Waals surface area contributed by atoms with Crippen molar-refractivity contribution in [3.63, 3.8) is 0 Å². The summed E-state index contributed by atoms with van der Waals surface area (Å²) in [5.41, 5.74) is 2.39. The molecule has 0 aliphatic rings. The van der Waals surface area contributed by atoms with Gasteiger partial charge in [0, 0.05) is 27.5 Å². The van der Waals surface area contributed by atoms with Gasteiger partial charge >= 0.3 is 0 Å². The first-order valence-corrected chi connectivity index (χ1v) is 9.88. The normalized spacial score (nSPS) is 11.7. The van der Waals surface area contributed by atoms with Crippen molar-refractivity contribution in [2.45, 2.75) is 0 Å². The van der Waals surface area contributed by atoms with Crippen LogP contribution in [0.5, 0.6) is 0 Å². The molecule has 3 heterocycles. The smallest absolute Gasteiger partial charge is 0.268 e. The van der Waals surface area contributed by atoms with E-state index in [2.05, 4.69) is 4.98 Å². The highest BCUT2D eigenvalue weighted by molar-refractivity contribution is 7.15. The number of halogens is 3. The van der Waals surface area contributed by atoms with Gasteiger partial charge in [-0.25, -0.2) is 4.98 Å². The summed E-state index contributed by atoms with van der Waals surface area (Å²) in [5.74, 6) is 0. The van der Waals surface area contributed by atoms with Crippen LogP contribution in [0.4, 0.5) is 0 Å². The van der Waals surface area contributed by atoms with Gasteiger partial charge in [0.2, 0.25) is 0 Å². The third-order valence-electron chi connectivity index (χ3n) is 4.38. The van der Waals surface area contributed by atoms with Crippen molar-refractivity contribution >= 4 is 72.9 Å². The number of hydrogen-bond acceptors (Lipinski definition) is 4. The molecule has 4 nitrogen and oxygen atoms in total. The van der Waals surface area contributed by atoms with Crippen molar-refractivity contribution in [1.82, 2.24) is 14.4 Å². The van der Waals surface area contributed by atoms with Crippen molar-refractivity contribution in [3.8, 4) is 11.3 Å². The molecule has 0 radical (unpaired) electrons. The van der Waals surface area contributed by atoms with Crippen LogP contribution in [0.15, 0.2) is 52.8 Å². The maximum absolute atomic E-state index is 13.2. The fourth-order valence-electron chi connectivity index (χ4n) is 3.14. The van der Waals surface area contributed by atoms with Gasteiger partial charge in [0.25, 0.3) is 5.56 Å². The van der Waals surface area contributed by atoms with E-state index in [1.54, 1.807) is 28.7 Å². The van der Waals surface area contributed by atoms with Crippen LogP contribution in [-0.4, -0.2) is 14.4 Å². The molecule has 2 aromatic carbocycles. The number of nitrogens with zero attached hydrogens (tertiary/aromatic N) is 3. The van der Waals surface area contributed by atoms with Crippen molar-refractivity contribution < 1.29 is 0 Å². The minimum absolute atomic E-state index is 0.202. The number of aromatic nitrogens is 3. The van der Waals surface area contributed by atoms with E-state index in [1.807, 2.05) is 17.5 Å². The monoisotopic (exact) mass is 431 g/mol. The summed E-state index contributed by atoms with van der Waals surface area (Å²) < 4.78 is 1.56. The zero-order valence-corrected chi connectivity index (χ0v) is 16.5. The summed E-state index contributed by atoms with van der Waals surface area (Å²) in [4.78, 5) is 22.9. The van der Waals surface area contributed by atoms with Crippen LogP contribution >= 0.6 is 46.1 Å². The second kappa shape index (κ2) is 6.17. The van der Waals surface area contributed by atoms with Gasteiger partial charge in [-0.1, -0.05) is 46.9 Å². The Kier molecular flexibility index (Phi) is 3.88. The Hall–Kier alpha value is -2.18. The molecular formula is C19H8Cl3N3OS. The van der Waals surface area contributed by atoms with E-state index in [4.69, 9.17) is 39.8 Å². The van der Waals surface area contributed by atoms with E-state index in [0.717, 1.165) is 5.39 Å². The summed E-state index contributed by atoms with van der Waals surface area (Å²) in [5, 5.41) is 4.56. The average molecular weight is 433 g/mol. The first-order chi connectivity index (χ1) is 13.0. The number of rotatable bonds is 1. The molecule has 0 fully saturated rings. The maximum atomic E-state index is 13.2. The van der Waals surface area contributed by atoms with E-state index >= 15 is 0 Å². The summed E-state index contributed by atoms with van der Waals surface area (Å²) >= 11 is 19.9. The zero-order chi connectivity index (χ0) is 18.7. The van der Waals surface area contributed by atoms with Crippen molar-refractivity contribution in [2.75, 3.05) is 0 Å². The first kappa shape index (κ1) is 17.0. The van der Waals surface area contributed by atoms with Crippen molar-refractivity contribution in [2.24, 2.45) is 0 Å². The molecule has 0 aliphatic carbocycles. The van der Waals surface area contributed by atoms with Gasteiger partial charge < -0.3 is 0 Å². The molecule has 0 unspecified atom stereocenters. The van der Waals surface area contributed by atoms with E-state index in [0.29, 0.717) is 47.7 Å². The highest BCUT2D eigenvalue weighted by Crippen LogP contribution is 2.33. The molecule has 0 saturated carbocycles. The fraction of sp³-hybridized carbons (Fsp3) is 0. The number of pyridine rings is 1. The van der Waals surface area contributed by atoms with Crippen LogP contribution in [0.1, 0.15) is 0 Å². The Morgan fingerprint density at radius 3 is 2.63 bits per heavy atom. The highest BCUT2D eigenvalue weighted by atomic mass is 35.5. The molecule has 5 aromatic rings. The second-order valence-corrected chi connectivity index (χ2v) is 8.02. The molecule has 27 heavy (non-hydrogen) atoms. The maximum Gasteiger partial charge on any atom is 0.268 e. The lowest BCUT2D eigenvalue weighted by atomic mass is 10.1. The highest BCUT2D eigenvalue weighted by Gasteiger charge is 2.17. The zero-order valence-electron chi connectivity index (χ0n) is 13.4. The molecule has 0 saturated heterocycles. The van der Waals surface area contributed by atoms with Crippen LogP contribution in [-0.2, 0) is 0 Å². The van der Waals surface area contributed by atoms with E-state index in [9.17, 15) is 4.79 Å². The van der Waals surface area contributed by atoms with E-state index < -0.39 is 0 Å². The molecule has 0 atom stereocenters. The van der Waals surface area contributed by atoms with Gasteiger partial charge in [0.1, 0.15) is 0 Å². The summed E-state index contributed by atoms with van der Waals surface area (Å²) in [6.07, 6.45) is 1.52. The molecule has 0 N–H and O–H groups in total. The lowest BCUT2D eigenvalue weighted by molar-refractivity contribution is 1.12. The molecule has 132 valence electrons. The predicted octanol–water partition coefficient (Wildman–Crippen LogP) is 6.08. The third kappa shape index (κ3) is 2.54. The van der Waals surface area contributed by atoms with Crippen LogP contribution in [0.3, 0.4) is 0 Å². The van der Waals surface area contributed by atoms with Gasteiger partial charge in [0.15, 0.2) is 4.96 Å². The summed E-state index contributed by atoms with van der Waals surface area (Å²) in [6.45, 7) is 0. The molecule has 0 bridgehead atoms. The predicted molar refractivity (Wildman–Crippen MR) is 113 cm³/mol. The van der Waals surface area contributed by atoms with E-state index in [1.165, 1.54) is 17.5 Å². The summed E-state index contributed by atoms with van der Waals surface area (Å²) in [6, 6.07) is 10.6. The Morgan fingerprint density at radius 2 is 1.81 bits per heavy atom.